The summed E-state index contributed by atoms with van der Waals surface area (Å²) < 4.78 is 24.6. The van der Waals surface area contributed by atoms with E-state index in [-0.39, 0.29) is 29.9 Å². The molecule has 0 aromatic heterocycles. The highest BCUT2D eigenvalue weighted by atomic mass is 16.6. The molecule has 0 spiro atoms. The minimum absolute atomic E-state index is 0.0282. The number of Topliss-reactive ketones (excluding diaryl/α,β-unsaturated/α-hetero) is 1. The van der Waals surface area contributed by atoms with Crippen LogP contribution in [-0.2, 0) is 28.5 Å². The van der Waals surface area contributed by atoms with Gasteiger partial charge in [-0.25, -0.2) is 4.79 Å². The number of nitrogens with zero attached hydrogens (tertiary/aromatic N) is 2. The quantitative estimate of drug-likeness (QED) is 0.478. The van der Waals surface area contributed by atoms with Gasteiger partial charge in [0.15, 0.2) is 11.3 Å². The van der Waals surface area contributed by atoms with Gasteiger partial charge in [-0.15, -0.1) is 0 Å². The molecule has 6 rings (SSSR count). The van der Waals surface area contributed by atoms with Crippen LogP contribution >= 0.6 is 0 Å². The van der Waals surface area contributed by atoms with Gasteiger partial charge in [-0.3, -0.25) is 14.6 Å². The summed E-state index contributed by atoms with van der Waals surface area (Å²) in [7, 11) is 1.56. The molecule has 44 heavy (non-hydrogen) atoms. The van der Waals surface area contributed by atoms with E-state index >= 15 is 0 Å². The van der Waals surface area contributed by atoms with Gasteiger partial charge in [0, 0.05) is 43.3 Å². The molecule has 2 N–H and O–H groups in total. The lowest BCUT2D eigenvalue weighted by atomic mass is 9.44. The SMILES string of the molecule is COC(C)(C)N1N=C2C(=O)C3=C(C)[C@@H](O)C[C@@](O)([C@@H](OC(=O)c4ccccc4)[C@@H]4[C@]5(OC(C)=O)CO[C@@H]5C[C@H]1[C@@]24C)C3(C)C. The second-order valence-corrected chi connectivity index (χ2v) is 14.2. The Morgan fingerprint density at radius 2 is 1.82 bits per heavy atom. The van der Waals surface area contributed by atoms with Crippen molar-refractivity contribution in [3.05, 3.63) is 47.0 Å². The molecule has 1 aromatic rings. The predicted octanol–water partition coefficient (Wildman–Crippen LogP) is 2.78. The summed E-state index contributed by atoms with van der Waals surface area (Å²) in [6.07, 6.45) is -3.11. The second-order valence-electron chi connectivity index (χ2n) is 14.2. The van der Waals surface area contributed by atoms with Gasteiger partial charge < -0.3 is 29.2 Å². The van der Waals surface area contributed by atoms with Crippen molar-refractivity contribution in [2.75, 3.05) is 13.7 Å². The molecule has 2 aliphatic heterocycles. The van der Waals surface area contributed by atoms with E-state index in [1.165, 1.54) is 6.92 Å². The number of ketones is 1. The van der Waals surface area contributed by atoms with Gasteiger partial charge in [-0.2, -0.15) is 5.10 Å². The maximum atomic E-state index is 14.9. The van der Waals surface area contributed by atoms with E-state index in [0.29, 0.717) is 12.0 Å². The van der Waals surface area contributed by atoms with E-state index in [4.69, 9.17) is 24.0 Å². The summed E-state index contributed by atoms with van der Waals surface area (Å²) in [5.41, 5.74) is -5.76. The summed E-state index contributed by atoms with van der Waals surface area (Å²) in [4.78, 5) is 41.6. The number of methoxy groups -OCH3 is 1. The fourth-order valence-corrected chi connectivity index (χ4v) is 8.74. The maximum Gasteiger partial charge on any atom is 0.338 e. The zero-order chi connectivity index (χ0) is 32.2. The molecular weight excluding hydrogens is 568 g/mol. The predicted molar refractivity (Wildman–Crippen MR) is 157 cm³/mol. The smallest absolute Gasteiger partial charge is 0.338 e. The van der Waals surface area contributed by atoms with Crippen LogP contribution in [0.2, 0.25) is 0 Å². The Morgan fingerprint density at radius 3 is 2.39 bits per heavy atom. The minimum Gasteiger partial charge on any atom is -0.455 e. The summed E-state index contributed by atoms with van der Waals surface area (Å²) in [5.74, 6) is -2.68. The molecule has 0 radical (unpaired) electrons. The summed E-state index contributed by atoms with van der Waals surface area (Å²) >= 11 is 0. The van der Waals surface area contributed by atoms with Crippen molar-refractivity contribution in [2.24, 2.45) is 21.8 Å². The largest absolute Gasteiger partial charge is 0.455 e. The Morgan fingerprint density at radius 1 is 1.16 bits per heavy atom. The average molecular weight is 611 g/mol. The highest BCUT2D eigenvalue weighted by molar-refractivity contribution is 6.48. The van der Waals surface area contributed by atoms with E-state index in [9.17, 15) is 24.6 Å². The first-order chi connectivity index (χ1) is 20.5. The van der Waals surface area contributed by atoms with Gasteiger partial charge in [0.2, 0.25) is 5.78 Å². The van der Waals surface area contributed by atoms with E-state index in [1.807, 2.05) is 20.8 Å². The minimum atomic E-state index is -1.97. The molecule has 5 aliphatic rings. The van der Waals surface area contributed by atoms with E-state index < -0.39 is 75.8 Å². The fourth-order valence-electron chi connectivity index (χ4n) is 8.74. The number of esters is 2. The molecule has 2 bridgehead atoms. The van der Waals surface area contributed by atoms with Crippen molar-refractivity contribution >= 4 is 23.4 Å². The van der Waals surface area contributed by atoms with Crippen molar-refractivity contribution < 1.29 is 43.5 Å². The monoisotopic (exact) mass is 610 g/mol. The Bertz CT molecular complexity index is 1480. The van der Waals surface area contributed by atoms with Crippen molar-refractivity contribution in [1.29, 1.82) is 0 Å². The first kappa shape index (κ1) is 30.9. The molecule has 238 valence electrons. The van der Waals surface area contributed by atoms with Crippen molar-refractivity contribution in [1.82, 2.24) is 5.01 Å². The summed E-state index contributed by atoms with van der Waals surface area (Å²) in [6.45, 7) is 12.0. The molecule has 0 unspecified atom stereocenters. The highest BCUT2D eigenvalue weighted by Gasteiger charge is 2.79. The number of carbonyl (C=O) groups excluding carboxylic acids is 3. The fraction of sp³-hybridized carbons (Fsp3) is 0.636. The van der Waals surface area contributed by atoms with E-state index in [2.05, 4.69) is 0 Å². The van der Waals surface area contributed by atoms with Gasteiger partial charge in [0.05, 0.1) is 30.2 Å². The number of hydrogen-bond acceptors (Lipinski definition) is 11. The van der Waals surface area contributed by atoms with Crippen LogP contribution in [0.15, 0.2) is 46.6 Å². The normalized spacial score (nSPS) is 38.9. The molecule has 2 saturated carbocycles. The number of hydrazone groups is 1. The maximum absolute atomic E-state index is 14.9. The van der Waals surface area contributed by atoms with Crippen LogP contribution in [0.3, 0.4) is 0 Å². The third-order valence-electron chi connectivity index (χ3n) is 11.3. The number of aliphatic hydroxyl groups is 2. The third-order valence-corrected chi connectivity index (χ3v) is 11.3. The van der Waals surface area contributed by atoms with Gasteiger partial charge in [0.25, 0.3) is 0 Å². The first-order valence-corrected chi connectivity index (χ1v) is 15.1. The van der Waals surface area contributed by atoms with Gasteiger partial charge in [0.1, 0.15) is 23.5 Å². The Kier molecular flexibility index (Phi) is 6.80. The van der Waals surface area contributed by atoms with Crippen molar-refractivity contribution in [3.63, 3.8) is 0 Å². The topological polar surface area (TPSA) is 144 Å². The number of fused-ring (bicyclic) bond motifs is 4. The summed E-state index contributed by atoms with van der Waals surface area (Å²) in [6, 6.07) is 7.90. The van der Waals surface area contributed by atoms with Gasteiger partial charge >= 0.3 is 11.9 Å². The summed E-state index contributed by atoms with van der Waals surface area (Å²) in [5, 5.41) is 31.1. The lowest BCUT2D eigenvalue weighted by Crippen LogP contribution is -2.81. The van der Waals surface area contributed by atoms with Crippen molar-refractivity contribution in [3.8, 4) is 0 Å². The molecule has 3 fully saturated rings. The molecule has 1 saturated heterocycles. The van der Waals surface area contributed by atoms with Crippen LogP contribution in [-0.4, -0.2) is 93.7 Å². The number of benzene rings is 1. The number of hydrogen-bond donors (Lipinski definition) is 2. The van der Waals surface area contributed by atoms with Gasteiger partial charge in [-0.1, -0.05) is 39.0 Å². The van der Waals surface area contributed by atoms with Crippen LogP contribution in [0.5, 0.6) is 0 Å². The zero-order valence-corrected chi connectivity index (χ0v) is 26.5. The molecule has 1 aromatic carbocycles. The second kappa shape index (κ2) is 9.69. The number of rotatable bonds is 5. The van der Waals surface area contributed by atoms with Crippen LogP contribution < -0.4 is 0 Å². The molecular formula is C33H42N2O9. The molecule has 11 heteroatoms. The molecule has 8 atom stereocenters. The number of carbonyl (C=O) groups is 3. The van der Waals surface area contributed by atoms with Crippen LogP contribution in [0.1, 0.15) is 71.7 Å². The Hall–Kier alpha value is -3.12. The molecule has 2 heterocycles. The van der Waals surface area contributed by atoms with Crippen LogP contribution in [0.4, 0.5) is 0 Å². The van der Waals surface area contributed by atoms with E-state index in [1.54, 1.807) is 63.2 Å². The Labute approximate surface area is 257 Å². The lowest BCUT2D eigenvalue weighted by Gasteiger charge is -2.67. The third kappa shape index (κ3) is 3.82. The lowest BCUT2D eigenvalue weighted by molar-refractivity contribution is -0.337. The van der Waals surface area contributed by atoms with Gasteiger partial charge in [-0.05, 0) is 38.5 Å². The average Bonchev–Trinajstić information content (AvgIpc) is 3.26. The number of aliphatic hydroxyl groups excluding tert-OH is 1. The number of ether oxygens (including phenoxy) is 4. The standard InChI is InChI=1S/C33H42N2O9/c1-17-20(37)15-33(40)27(43-28(39)19-12-10-9-11-13-19)25-31(7)21(14-22-32(25,16-42-22)44-18(2)36)35(30(5,6)41-8)34-26(31)24(38)23(17)29(33,3)4/h9-13,20-22,25,27,37,40H,14-16H2,1-8H3/t20-,21-,22+,25-,27-,31+,32-,33+/m0/s1. The van der Waals surface area contributed by atoms with Crippen molar-refractivity contribution in [2.45, 2.75) is 103 Å². The van der Waals surface area contributed by atoms with Crippen LogP contribution in [0.25, 0.3) is 0 Å². The Balaban J connectivity index is 1.68. The molecule has 0 amide bonds. The highest BCUT2D eigenvalue weighted by Crippen LogP contribution is 2.66. The van der Waals surface area contributed by atoms with E-state index in [0.717, 1.165) is 0 Å². The zero-order valence-electron chi connectivity index (χ0n) is 26.5. The molecule has 11 nitrogen and oxygen atoms in total. The molecule has 3 aliphatic carbocycles. The first-order valence-electron chi connectivity index (χ1n) is 15.1. The van der Waals surface area contributed by atoms with Crippen LogP contribution in [0, 0.1) is 16.7 Å².